The van der Waals surface area contributed by atoms with Gasteiger partial charge in [-0.25, -0.2) is 0 Å². The lowest BCUT2D eigenvalue weighted by molar-refractivity contribution is -0.137. The number of nitrogens with zero attached hydrogens (tertiary/aromatic N) is 3. The second-order valence-electron chi connectivity index (χ2n) is 9.16. The zero-order valence-electron chi connectivity index (χ0n) is 20.9. The van der Waals surface area contributed by atoms with E-state index in [-0.39, 0.29) is 0 Å². The molecule has 0 atom stereocenters. The molecule has 2 aromatic carbocycles. The fraction of sp³-hybridized carbons (Fsp3) is 0.556. The molecule has 0 N–H and O–H groups in total. The number of ether oxygens (including phenoxy) is 2. The average Bonchev–Trinajstić information content (AvgIpc) is 2.87. The summed E-state index contributed by atoms with van der Waals surface area (Å²) in [7, 11) is 0. The highest BCUT2D eigenvalue weighted by atomic mass is 32.2. The van der Waals surface area contributed by atoms with Crippen molar-refractivity contribution < 1.29 is 22.6 Å². The normalized spacial score (nSPS) is 16.7. The largest absolute Gasteiger partial charge is 0.416 e. The lowest BCUT2D eigenvalue weighted by atomic mass is 10.1. The topological polar surface area (TPSA) is 28.2 Å². The molecule has 0 spiro atoms. The zero-order chi connectivity index (χ0) is 25.4. The van der Waals surface area contributed by atoms with Gasteiger partial charge in [0.2, 0.25) is 0 Å². The Bertz CT molecular complexity index is 968. The van der Waals surface area contributed by atoms with E-state index in [9.17, 15) is 13.2 Å². The van der Waals surface area contributed by atoms with Gasteiger partial charge in [-0.05, 0) is 49.7 Å². The van der Waals surface area contributed by atoms with E-state index in [1.165, 1.54) is 23.9 Å². The van der Waals surface area contributed by atoms with Gasteiger partial charge in [0.15, 0.2) is 0 Å². The van der Waals surface area contributed by atoms with Gasteiger partial charge in [-0.15, -0.1) is 0 Å². The Morgan fingerprint density at radius 2 is 1.44 bits per heavy atom. The second kappa shape index (κ2) is 13.1. The Kier molecular flexibility index (Phi) is 9.95. The van der Waals surface area contributed by atoms with E-state index in [1.54, 1.807) is 6.07 Å². The second-order valence-corrected chi connectivity index (χ2v) is 10.2. The Morgan fingerprint density at radius 3 is 2.17 bits per heavy atom. The highest BCUT2D eigenvalue weighted by Gasteiger charge is 2.33. The van der Waals surface area contributed by atoms with Crippen LogP contribution < -0.4 is 4.90 Å². The number of benzene rings is 2. The van der Waals surface area contributed by atoms with Crippen LogP contribution >= 0.6 is 11.8 Å². The zero-order valence-corrected chi connectivity index (χ0v) is 21.8. The molecule has 1 saturated heterocycles. The fourth-order valence-corrected chi connectivity index (χ4v) is 5.67. The third-order valence-corrected chi connectivity index (χ3v) is 7.68. The first-order valence-corrected chi connectivity index (χ1v) is 13.6. The van der Waals surface area contributed by atoms with Crippen molar-refractivity contribution in [3.05, 3.63) is 48.0 Å². The highest BCUT2D eigenvalue weighted by Crippen LogP contribution is 2.49. The van der Waals surface area contributed by atoms with Crippen molar-refractivity contribution in [2.24, 2.45) is 0 Å². The summed E-state index contributed by atoms with van der Waals surface area (Å²) in [6, 6.07) is 12.1. The number of halogens is 3. The number of hydrogen-bond donors (Lipinski definition) is 0. The quantitative estimate of drug-likeness (QED) is 0.329. The van der Waals surface area contributed by atoms with Gasteiger partial charge in [-0.3, -0.25) is 4.90 Å². The molecule has 2 aromatic rings. The van der Waals surface area contributed by atoms with E-state index >= 15 is 0 Å². The molecule has 0 saturated carbocycles. The van der Waals surface area contributed by atoms with Crippen molar-refractivity contribution >= 4 is 23.1 Å². The van der Waals surface area contributed by atoms with E-state index in [0.29, 0.717) is 25.4 Å². The van der Waals surface area contributed by atoms with Crippen LogP contribution in [-0.4, -0.2) is 82.0 Å². The van der Waals surface area contributed by atoms with Crippen LogP contribution in [0.4, 0.5) is 24.5 Å². The Labute approximate surface area is 216 Å². The molecule has 36 heavy (non-hydrogen) atoms. The summed E-state index contributed by atoms with van der Waals surface area (Å²) in [4.78, 5) is 8.89. The number of para-hydroxylation sites is 1. The molecule has 2 heterocycles. The van der Waals surface area contributed by atoms with E-state index in [0.717, 1.165) is 80.8 Å². The maximum absolute atomic E-state index is 13.4. The molecule has 9 heteroatoms. The van der Waals surface area contributed by atoms with Gasteiger partial charge in [-0.2, -0.15) is 13.2 Å². The minimum absolute atomic E-state index is 0.597. The lowest BCUT2D eigenvalue weighted by Gasteiger charge is -2.36. The predicted octanol–water partition coefficient (Wildman–Crippen LogP) is 5.76. The first-order chi connectivity index (χ1) is 17.5. The van der Waals surface area contributed by atoms with Gasteiger partial charge in [-0.1, -0.05) is 30.8 Å². The molecule has 198 valence electrons. The number of hydrogen-bond acceptors (Lipinski definition) is 6. The van der Waals surface area contributed by atoms with Crippen LogP contribution in [-0.2, 0) is 15.7 Å². The third-order valence-electron chi connectivity index (χ3n) is 6.55. The van der Waals surface area contributed by atoms with Crippen molar-refractivity contribution in [1.29, 1.82) is 0 Å². The van der Waals surface area contributed by atoms with Crippen molar-refractivity contribution in [2.45, 2.75) is 35.7 Å². The minimum atomic E-state index is -4.35. The van der Waals surface area contributed by atoms with Crippen molar-refractivity contribution in [2.75, 3.05) is 77.1 Å². The number of anilines is 2. The van der Waals surface area contributed by atoms with Gasteiger partial charge in [0.1, 0.15) is 0 Å². The first-order valence-electron chi connectivity index (χ1n) is 12.8. The molecule has 0 bridgehead atoms. The molecule has 0 aromatic heterocycles. The van der Waals surface area contributed by atoms with E-state index in [1.807, 2.05) is 24.3 Å². The molecule has 0 unspecified atom stereocenters. The summed E-state index contributed by atoms with van der Waals surface area (Å²) in [5.41, 5.74) is 1.04. The van der Waals surface area contributed by atoms with Crippen LogP contribution in [0.25, 0.3) is 0 Å². The number of alkyl halides is 3. The summed E-state index contributed by atoms with van der Waals surface area (Å²) in [5, 5.41) is 0. The van der Waals surface area contributed by atoms with Gasteiger partial charge in [0.25, 0.3) is 0 Å². The van der Waals surface area contributed by atoms with Crippen LogP contribution in [0.15, 0.2) is 52.3 Å². The van der Waals surface area contributed by atoms with E-state index < -0.39 is 11.7 Å². The number of rotatable bonds is 12. The summed E-state index contributed by atoms with van der Waals surface area (Å²) in [6.07, 6.45) is -2.44. The van der Waals surface area contributed by atoms with Crippen molar-refractivity contribution in [3.8, 4) is 0 Å². The maximum atomic E-state index is 13.4. The molecular formula is C27H36F3N3O2S. The van der Waals surface area contributed by atoms with Gasteiger partial charge < -0.3 is 19.3 Å². The fourth-order valence-electron chi connectivity index (χ4n) is 4.60. The standard InChI is InChI=1S/C27H36F3N3O2S/c1-2-17-34-19-20-35-18-16-32-14-12-31(13-15-32)10-5-11-33-23-6-3-4-7-25(23)36-26-9-8-22(21-24(26)33)27(28,29)30/h3-4,6-9,21H,2,5,10-20H2,1H3. The molecule has 2 aliphatic heterocycles. The molecule has 4 rings (SSSR count). The first kappa shape index (κ1) is 27.3. The SMILES string of the molecule is CCCOCCOCCN1CCN(CCCN2c3ccccc3Sc3ccc(C(F)(F)F)cc32)CC1. The predicted molar refractivity (Wildman–Crippen MR) is 138 cm³/mol. The Morgan fingerprint density at radius 1 is 0.778 bits per heavy atom. The van der Waals surface area contributed by atoms with Gasteiger partial charge >= 0.3 is 6.18 Å². The van der Waals surface area contributed by atoms with E-state index in [2.05, 4.69) is 21.6 Å². The summed E-state index contributed by atoms with van der Waals surface area (Å²) >= 11 is 1.54. The smallest absolute Gasteiger partial charge is 0.379 e. The van der Waals surface area contributed by atoms with E-state index in [4.69, 9.17) is 9.47 Å². The molecule has 2 aliphatic rings. The van der Waals surface area contributed by atoms with Gasteiger partial charge in [0, 0.05) is 55.7 Å². The van der Waals surface area contributed by atoms with Crippen molar-refractivity contribution in [1.82, 2.24) is 9.80 Å². The van der Waals surface area contributed by atoms with Crippen LogP contribution in [0.5, 0.6) is 0 Å². The Hall–Kier alpha value is -1.78. The third kappa shape index (κ3) is 7.38. The van der Waals surface area contributed by atoms with Crippen LogP contribution in [0, 0.1) is 0 Å². The molecule has 0 aliphatic carbocycles. The van der Waals surface area contributed by atoms with Crippen molar-refractivity contribution in [3.63, 3.8) is 0 Å². The van der Waals surface area contributed by atoms with Crippen LogP contribution in [0.3, 0.4) is 0 Å². The number of piperazine rings is 1. The Balaban J connectivity index is 1.25. The average molecular weight is 524 g/mol. The highest BCUT2D eigenvalue weighted by molar-refractivity contribution is 7.99. The number of fused-ring (bicyclic) bond motifs is 2. The lowest BCUT2D eigenvalue weighted by Crippen LogP contribution is -2.47. The monoisotopic (exact) mass is 523 g/mol. The maximum Gasteiger partial charge on any atom is 0.416 e. The van der Waals surface area contributed by atoms with Crippen LogP contribution in [0.1, 0.15) is 25.3 Å². The molecule has 0 amide bonds. The molecule has 1 fully saturated rings. The van der Waals surface area contributed by atoms with Crippen LogP contribution in [0.2, 0.25) is 0 Å². The summed E-state index contributed by atoms with van der Waals surface area (Å²) in [5.74, 6) is 0. The molecular weight excluding hydrogens is 487 g/mol. The molecule has 5 nitrogen and oxygen atoms in total. The summed E-state index contributed by atoms with van der Waals surface area (Å²) < 4.78 is 51.4. The summed E-state index contributed by atoms with van der Waals surface area (Å²) in [6.45, 7) is 11.5. The molecule has 0 radical (unpaired) electrons. The minimum Gasteiger partial charge on any atom is -0.379 e. The van der Waals surface area contributed by atoms with Gasteiger partial charge in [0.05, 0.1) is 36.8 Å².